The van der Waals surface area contributed by atoms with E-state index in [1.54, 1.807) is 18.5 Å². The number of piperazine rings is 1. The first-order valence-electron chi connectivity index (χ1n) is 9.26. The van der Waals surface area contributed by atoms with E-state index in [4.69, 9.17) is 4.52 Å². The van der Waals surface area contributed by atoms with Gasteiger partial charge < -0.3 is 9.42 Å². The fourth-order valence-electron chi connectivity index (χ4n) is 3.65. The van der Waals surface area contributed by atoms with Gasteiger partial charge >= 0.3 is 0 Å². The van der Waals surface area contributed by atoms with Gasteiger partial charge in [0.25, 0.3) is 5.91 Å². The van der Waals surface area contributed by atoms with Crippen LogP contribution >= 0.6 is 0 Å². The lowest BCUT2D eigenvalue weighted by Gasteiger charge is -2.48. The van der Waals surface area contributed by atoms with Gasteiger partial charge in [-0.15, -0.1) is 0 Å². The van der Waals surface area contributed by atoms with Crippen LogP contribution in [0.3, 0.4) is 0 Å². The summed E-state index contributed by atoms with van der Waals surface area (Å²) in [6.07, 6.45) is 3.40. The highest BCUT2D eigenvalue weighted by atomic mass is 16.5. The number of rotatable bonds is 4. The summed E-state index contributed by atoms with van der Waals surface area (Å²) in [6, 6.07) is 6.50. The average molecular weight is 355 g/mol. The molecule has 0 atom stereocenters. The topological polar surface area (TPSA) is 65.7 Å². The lowest BCUT2D eigenvalue weighted by Crippen LogP contribution is -2.64. The predicted molar refractivity (Wildman–Crippen MR) is 97.7 cm³/mol. The van der Waals surface area contributed by atoms with Gasteiger partial charge in [0.2, 0.25) is 0 Å². The Morgan fingerprint density at radius 2 is 2.00 bits per heavy atom. The minimum atomic E-state index is -0.0547. The number of amides is 1. The van der Waals surface area contributed by atoms with E-state index in [1.165, 1.54) is 0 Å². The Morgan fingerprint density at radius 1 is 1.23 bits per heavy atom. The van der Waals surface area contributed by atoms with Crippen LogP contribution in [0.1, 0.15) is 24.3 Å². The van der Waals surface area contributed by atoms with E-state index in [0.717, 1.165) is 44.8 Å². The van der Waals surface area contributed by atoms with E-state index in [1.807, 2.05) is 17.0 Å². The number of carbonyl (C=O) groups is 1. The van der Waals surface area contributed by atoms with Crippen molar-refractivity contribution < 1.29 is 9.32 Å². The molecule has 2 aliphatic rings. The van der Waals surface area contributed by atoms with Gasteiger partial charge in [0, 0.05) is 75.4 Å². The fourth-order valence-corrected chi connectivity index (χ4v) is 3.65. The van der Waals surface area contributed by atoms with Crippen LogP contribution in [-0.4, -0.2) is 82.1 Å². The Kier molecular flexibility index (Phi) is 4.74. The number of hydrogen-bond acceptors (Lipinski definition) is 6. The summed E-state index contributed by atoms with van der Waals surface area (Å²) in [5, 5.41) is 3.95. The maximum Gasteiger partial charge on any atom is 0.276 e. The molecule has 0 spiro atoms. The molecular formula is C19H25N5O2. The van der Waals surface area contributed by atoms with Crippen LogP contribution in [-0.2, 0) is 0 Å². The molecule has 0 bridgehead atoms. The third kappa shape index (κ3) is 3.37. The molecule has 0 radical (unpaired) electrons. The van der Waals surface area contributed by atoms with Crippen LogP contribution < -0.4 is 0 Å². The first kappa shape index (κ1) is 17.2. The van der Waals surface area contributed by atoms with Crippen LogP contribution in [0.15, 0.2) is 35.1 Å². The van der Waals surface area contributed by atoms with E-state index < -0.39 is 0 Å². The van der Waals surface area contributed by atoms with Gasteiger partial charge in [-0.05, 0) is 26.0 Å². The minimum Gasteiger partial charge on any atom is -0.355 e. The van der Waals surface area contributed by atoms with Crippen molar-refractivity contribution in [2.75, 3.05) is 39.3 Å². The van der Waals surface area contributed by atoms with Crippen molar-refractivity contribution in [3.05, 3.63) is 36.3 Å². The average Bonchev–Trinajstić information content (AvgIpc) is 3.12. The number of hydrogen-bond donors (Lipinski definition) is 0. The highest BCUT2D eigenvalue weighted by molar-refractivity contribution is 5.93. The fraction of sp³-hybridized carbons (Fsp3) is 0.526. The van der Waals surface area contributed by atoms with Crippen LogP contribution in [0.25, 0.3) is 11.3 Å². The third-order valence-electron chi connectivity index (χ3n) is 5.42. The summed E-state index contributed by atoms with van der Waals surface area (Å²) in [6.45, 7) is 10.4. The van der Waals surface area contributed by atoms with E-state index in [9.17, 15) is 4.79 Å². The van der Waals surface area contributed by atoms with Gasteiger partial charge in [0.15, 0.2) is 11.5 Å². The van der Waals surface area contributed by atoms with Crippen molar-refractivity contribution >= 4 is 5.91 Å². The predicted octanol–water partition coefficient (Wildman–Crippen LogP) is 1.59. The molecule has 0 saturated carbocycles. The van der Waals surface area contributed by atoms with Crippen molar-refractivity contribution in [2.45, 2.75) is 25.9 Å². The van der Waals surface area contributed by atoms with E-state index in [0.29, 0.717) is 23.5 Å². The second-order valence-electron chi connectivity index (χ2n) is 7.35. The van der Waals surface area contributed by atoms with Crippen LogP contribution in [0, 0.1) is 0 Å². The zero-order valence-electron chi connectivity index (χ0n) is 15.3. The molecule has 138 valence electrons. The molecule has 2 saturated heterocycles. The van der Waals surface area contributed by atoms with Gasteiger partial charge in [-0.25, -0.2) is 0 Å². The number of likely N-dealkylation sites (tertiary alicyclic amines) is 1. The summed E-state index contributed by atoms with van der Waals surface area (Å²) in [4.78, 5) is 23.5. The second kappa shape index (κ2) is 7.17. The molecule has 4 heterocycles. The van der Waals surface area contributed by atoms with Crippen LogP contribution in [0.2, 0.25) is 0 Å². The van der Waals surface area contributed by atoms with Crippen molar-refractivity contribution in [1.29, 1.82) is 0 Å². The Balaban J connectivity index is 1.31. The van der Waals surface area contributed by atoms with Crippen LogP contribution in [0.5, 0.6) is 0 Å². The van der Waals surface area contributed by atoms with Crippen molar-refractivity contribution in [2.24, 2.45) is 0 Å². The van der Waals surface area contributed by atoms with Gasteiger partial charge in [-0.1, -0.05) is 5.16 Å². The minimum absolute atomic E-state index is 0.0547. The van der Waals surface area contributed by atoms with Gasteiger partial charge in [0.05, 0.1) is 0 Å². The maximum atomic E-state index is 12.6. The molecule has 0 aliphatic carbocycles. The Morgan fingerprint density at radius 3 is 2.65 bits per heavy atom. The number of aromatic nitrogens is 2. The quantitative estimate of drug-likeness (QED) is 0.830. The molecule has 0 N–H and O–H groups in total. The summed E-state index contributed by atoms with van der Waals surface area (Å²) >= 11 is 0. The molecule has 7 heteroatoms. The molecule has 2 aliphatic heterocycles. The summed E-state index contributed by atoms with van der Waals surface area (Å²) in [7, 11) is 0. The van der Waals surface area contributed by atoms with E-state index in [2.05, 4.69) is 33.8 Å². The Bertz CT molecular complexity index is 746. The zero-order valence-corrected chi connectivity index (χ0v) is 15.3. The lowest BCUT2D eigenvalue weighted by molar-refractivity contribution is 0.00270. The smallest absolute Gasteiger partial charge is 0.276 e. The normalized spacial score (nSPS) is 19.7. The molecule has 1 amide bonds. The second-order valence-corrected chi connectivity index (χ2v) is 7.35. The van der Waals surface area contributed by atoms with Crippen molar-refractivity contribution in [3.8, 4) is 11.3 Å². The number of nitrogens with zero attached hydrogens (tertiary/aromatic N) is 5. The molecule has 2 aromatic rings. The standard InChI is InChI=1S/C19H25N5O2/c1-14(2)22-6-8-23(9-7-22)16-12-24(13-16)19(25)17-10-18(26-21-17)15-4-3-5-20-11-15/h3-5,10-11,14,16H,6-9,12-13H2,1-2H3. The SMILES string of the molecule is CC(C)N1CCN(C2CN(C(=O)c3cc(-c4cccnc4)on3)C2)CC1. The molecule has 0 unspecified atom stereocenters. The molecular weight excluding hydrogens is 330 g/mol. The molecule has 2 aromatic heterocycles. The Labute approximate surface area is 153 Å². The molecule has 7 nitrogen and oxygen atoms in total. The largest absolute Gasteiger partial charge is 0.355 e. The van der Waals surface area contributed by atoms with Crippen molar-refractivity contribution in [3.63, 3.8) is 0 Å². The monoisotopic (exact) mass is 355 g/mol. The highest BCUT2D eigenvalue weighted by Crippen LogP contribution is 2.23. The highest BCUT2D eigenvalue weighted by Gasteiger charge is 2.37. The summed E-state index contributed by atoms with van der Waals surface area (Å²) in [5.74, 6) is 0.518. The lowest BCUT2D eigenvalue weighted by atomic mass is 10.0. The molecule has 4 rings (SSSR count). The third-order valence-corrected chi connectivity index (χ3v) is 5.42. The van der Waals surface area contributed by atoms with E-state index in [-0.39, 0.29) is 5.91 Å². The van der Waals surface area contributed by atoms with Gasteiger partial charge in [0.1, 0.15) is 0 Å². The molecule has 0 aromatic carbocycles. The number of carbonyl (C=O) groups excluding carboxylic acids is 1. The van der Waals surface area contributed by atoms with Gasteiger partial charge in [-0.3, -0.25) is 19.6 Å². The molecule has 2 fully saturated rings. The molecule has 26 heavy (non-hydrogen) atoms. The maximum absolute atomic E-state index is 12.6. The Hall–Kier alpha value is -2.25. The number of pyridine rings is 1. The first-order valence-corrected chi connectivity index (χ1v) is 9.26. The zero-order chi connectivity index (χ0) is 18.1. The van der Waals surface area contributed by atoms with Crippen LogP contribution in [0.4, 0.5) is 0 Å². The summed E-state index contributed by atoms with van der Waals surface area (Å²) in [5.41, 5.74) is 1.19. The summed E-state index contributed by atoms with van der Waals surface area (Å²) < 4.78 is 5.31. The first-order chi connectivity index (χ1) is 12.6. The van der Waals surface area contributed by atoms with Gasteiger partial charge in [-0.2, -0.15) is 0 Å². The van der Waals surface area contributed by atoms with Crippen molar-refractivity contribution in [1.82, 2.24) is 24.8 Å². The van der Waals surface area contributed by atoms with E-state index >= 15 is 0 Å².